The Kier molecular flexibility index (Phi) is 5.41. The number of β-amino-alcohol motifs (C(OH)–C–C–N with tert-alkyl or cyclic N) is 1. The fourth-order valence-corrected chi connectivity index (χ4v) is 3.55. The Hall–Kier alpha value is -1.59. The fourth-order valence-electron chi connectivity index (χ4n) is 3.55. The largest absolute Gasteiger partial charge is 0.390 e. The Morgan fingerprint density at radius 1 is 0.875 bits per heavy atom. The van der Waals surface area contributed by atoms with Crippen LogP contribution in [0.15, 0.2) is 48.5 Å². The molecule has 24 heavy (non-hydrogen) atoms. The minimum Gasteiger partial charge on any atom is -0.390 e. The molecule has 1 aromatic heterocycles. The zero-order chi connectivity index (χ0) is 15.6. The van der Waals surface area contributed by atoms with E-state index in [1.807, 2.05) is 0 Å². The second kappa shape index (κ2) is 7.53. The van der Waals surface area contributed by atoms with Gasteiger partial charge in [0.05, 0.1) is 25.9 Å². The molecular formula is C19H23ClN2O2. The fraction of sp³-hybridized carbons (Fsp3) is 0.368. The quantitative estimate of drug-likeness (QED) is 0.789. The Balaban J connectivity index is 0.00000169. The zero-order valence-corrected chi connectivity index (χ0v) is 14.4. The SMILES string of the molecule is Cl.OC(CN1CCOCC1)Cn1c2ccccc2c2ccccc21. The summed E-state index contributed by atoms with van der Waals surface area (Å²) in [5, 5.41) is 13.1. The van der Waals surface area contributed by atoms with Crippen molar-refractivity contribution in [2.75, 3.05) is 32.8 Å². The summed E-state index contributed by atoms with van der Waals surface area (Å²) in [6, 6.07) is 16.9. The van der Waals surface area contributed by atoms with Crippen LogP contribution < -0.4 is 0 Å². The molecule has 0 saturated carbocycles. The van der Waals surface area contributed by atoms with Gasteiger partial charge in [0.1, 0.15) is 0 Å². The van der Waals surface area contributed by atoms with Gasteiger partial charge in [0, 0.05) is 41.4 Å². The minimum absolute atomic E-state index is 0. The van der Waals surface area contributed by atoms with Crippen LogP contribution in [0, 0.1) is 0 Å². The van der Waals surface area contributed by atoms with Gasteiger partial charge < -0.3 is 14.4 Å². The third-order valence-electron chi connectivity index (χ3n) is 4.65. The zero-order valence-electron chi connectivity index (χ0n) is 13.6. The summed E-state index contributed by atoms with van der Waals surface area (Å²) >= 11 is 0. The van der Waals surface area contributed by atoms with Gasteiger partial charge in [0.15, 0.2) is 0 Å². The van der Waals surface area contributed by atoms with E-state index < -0.39 is 0 Å². The number of hydrogen-bond donors (Lipinski definition) is 1. The van der Waals surface area contributed by atoms with Crippen LogP contribution in [0.5, 0.6) is 0 Å². The first-order chi connectivity index (χ1) is 11.3. The number of fused-ring (bicyclic) bond motifs is 3. The van der Waals surface area contributed by atoms with E-state index in [0.717, 1.165) is 26.3 Å². The van der Waals surface area contributed by atoms with Crippen LogP contribution in [-0.4, -0.2) is 53.5 Å². The van der Waals surface area contributed by atoms with Crippen molar-refractivity contribution < 1.29 is 9.84 Å². The number of ether oxygens (including phenoxy) is 1. The van der Waals surface area contributed by atoms with Crippen molar-refractivity contribution in [2.24, 2.45) is 0 Å². The summed E-state index contributed by atoms with van der Waals surface area (Å²) in [6.07, 6.45) is -0.382. The van der Waals surface area contributed by atoms with Crippen molar-refractivity contribution in [2.45, 2.75) is 12.6 Å². The molecule has 1 saturated heterocycles. The molecule has 128 valence electrons. The second-order valence-corrected chi connectivity index (χ2v) is 6.21. The Bertz CT molecular complexity index is 758. The van der Waals surface area contributed by atoms with Gasteiger partial charge in [-0.15, -0.1) is 12.4 Å². The van der Waals surface area contributed by atoms with Crippen LogP contribution in [0.25, 0.3) is 21.8 Å². The first-order valence-corrected chi connectivity index (χ1v) is 8.27. The first kappa shape index (κ1) is 17.2. The molecule has 4 rings (SSSR count). The number of nitrogens with zero attached hydrogens (tertiary/aromatic N) is 2. The number of benzene rings is 2. The van der Waals surface area contributed by atoms with Crippen molar-refractivity contribution >= 4 is 34.2 Å². The van der Waals surface area contributed by atoms with Crippen molar-refractivity contribution in [3.8, 4) is 0 Å². The maximum absolute atomic E-state index is 10.6. The van der Waals surface area contributed by atoms with Crippen molar-refractivity contribution in [3.05, 3.63) is 48.5 Å². The maximum Gasteiger partial charge on any atom is 0.0846 e. The third kappa shape index (κ3) is 3.28. The van der Waals surface area contributed by atoms with Gasteiger partial charge in [0.25, 0.3) is 0 Å². The molecule has 1 aliphatic rings. The Morgan fingerprint density at radius 2 is 1.42 bits per heavy atom. The highest BCUT2D eigenvalue weighted by atomic mass is 35.5. The third-order valence-corrected chi connectivity index (χ3v) is 4.65. The first-order valence-electron chi connectivity index (χ1n) is 8.27. The Labute approximate surface area is 148 Å². The lowest BCUT2D eigenvalue weighted by Crippen LogP contribution is -2.42. The number of morpholine rings is 1. The Morgan fingerprint density at radius 3 is 2.00 bits per heavy atom. The number of hydrogen-bond acceptors (Lipinski definition) is 3. The summed E-state index contributed by atoms with van der Waals surface area (Å²) in [4.78, 5) is 2.28. The average Bonchev–Trinajstić information content (AvgIpc) is 2.90. The van der Waals surface area contributed by atoms with Crippen LogP contribution in [0.3, 0.4) is 0 Å². The molecule has 1 atom stereocenters. The summed E-state index contributed by atoms with van der Waals surface area (Å²) in [6.45, 7) is 4.66. The van der Waals surface area contributed by atoms with E-state index >= 15 is 0 Å². The van der Waals surface area contributed by atoms with Crippen LogP contribution in [0.2, 0.25) is 0 Å². The summed E-state index contributed by atoms with van der Waals surface area (Å²) < 4.78 is 7.62. The van der Waals surface area contributed by atoms with Crippen LogP contribution in [0.4, 0.5) is 0 Å². The number of halogens is 1. The van der Waals surface area contributed by atoms with E-state index in [-0.39, 0.29) is 18.5 Å². The minimum atomic E-state index is -0.382. The highest BCUT2D eigenvalue weighted by Crippen LogP contribution is 2.28. The smallest absolute Gasteiger partial charge is 0.0846 e. The normalized spacial score (nSPS) is 17.0. The van der Waals surface area contributed by atoms with Crippen molar-refractivity contribution in [1.82, 2.24) is 9.47 Å². The number of rotatable bonds is 4. The lowest BCUT2D eigenvalue weighted by atomic mass is 10.2. The van der Waals surface area contributed by atoms with Crippen LogP contribution in [-0.2, 0) is 11.3 Å². The molecule has 2 aromatic carbocycles. The molecule has 0 bridgehead atoms. The molecule has 0 radical (unpaired) electrons. The molecule has 0 aliphatic carbocycles. The topological polar surface area (TPSA) is 37.6 Å². The van der Waals surface area contributed by atoms with Crippen LogP contribution in [0.1, 0.15) is 0 Å². The second-order valence-electron chi connectivity index (χ2n) is 6.21. The molecule has 1 aliphatic heterocycles. The number of para-hydroxylation sites is 2. The molecule has 1 fully saturated rings. The molecule has 3 aromatic rings. The maximum atomic E-state index is 10.6. The van der Waals surface area contributed by atoms with E-state index in [1.165, 1.54) is 21.8 Å². The highest BCUT2D eigenvalue weighted by Gasteiger charge is 2.17. The van der Waals surface area contributed by atoms with Gasteiger partial charge in [-0.2, -0.15) is 0 Å². The van der Waals surface area contributed by atoms with Gasteiger partial charge >= 0.3 is 0 Å². The number of aliphatic hydroxyl groups excluding tert-OH is 1. The van der Waals surface area contributed by atoms with Crippen molar-refractivity contribution in [1.29, 1.82) is 0 Å². The lowest BCUT2D eigenvalue weighted by molar-refractivity contribution is 0.0119. The van der Waals surface area contributed by atoms with E-state index in [0.29, 0.717) is 13.1 Å². The molecule has 0 amide bonds. The average molecular weight is 347 g/mol. The molecule has 1 unspecified atom stereocenters. The van der Waals surface area contributed by atoms with Gasteiger partial charge in [-0.1, -0.05) is 36.4 Å². The lowest BCUT2D eigenvalue weighted by Gasteiger charge is -2.28. The van der Waals surface area contributed by atoms with Crippen molar-refractivity contribution in [3.63, 3.8) is 0 Å². The van der Waals surface area contributed by atoms with E-state index in [2.05, 4.69) is 58.0 Å². The van der Waals surface area contributed by atoms with Gasteiger partial charge in [-0.05, 0) is 12.1 Å². The molecule has 0 spiro atoms. The number of aliphatic hydroxyl groups is 1. The summed E-state index contributed by atoms with van der Waals surface area (Å²) in [5.41, 5.74) is 2.38. The van der Waals surface area contributed by atoms with E-state index in [1.54, 1.807) is 0 Å². The van der Waals surface area contributed by atoms with E-state index in [9.17, 15) is 5.11 Å². The van der Waals surface area contributed by atoms with E-state index in [4.69, 9.17) is 4.74 Å². The number of aromatic nitrogens is 1. The molecule has 1 N–H and O–H groups in total. The monoisotopic (exact) mass is 346 g/mol. The predicted molar refractivity (Wildman–Crippen MR) is 100.0 cm³/mol. The summed E-state index contributed by atoms with van der Waals surface area (Å²) in [5.74, 6) is 0. The van der Waals surface area contributed by atoms with Gasteiger partial charge in [0.2, 0.25) is 0 Å². The van der Waals surface area contributed by atoms with Gasteiger partial charge in [-0.25, -0.2) is 0 Å². The predicted octanol–water partition coefficient (Wildman–Crippen LogP) is 2.91. The molecular weight excluding hydrogens is 324 g/mol. The molecule has 2 heterocycles. The highest BCUT2D eigenvalue weighted by molar-refractivity contribution is 6.07. The molecule has 5 heteroatoms. The summed E-state index contributed by atoms with van der Waals surface area (Å²) in [7, 11) is 0. The van der Waals surface area contributed by atoms with Gasteiger partial charge in [-0.3, -0.25) is 4.90 Å². The standard InChI is InChI=1S/C19H22N2O2.ClH/c22-15(13-20-9-11-23-12-10-20)14-21-18-7-3-1-5-16(18)17-6-2-4-8-19(17)21;/h1-8,15,22H,9-14H2;1H. The van der Waals surface area contributed by atoms with Crippen LogP contribution >= 0.6 is 12.4 Å². The molecule has 4 nitrogen and oxygen atoms in total.